The largest absolute Gasteiger partial charge is 0.416 e. The van der Waals surface area contributed by atoms with Crippen molar-refractivity contribution in [3.63, 3.8) is 0 Å². The van der Waals surface area contributed by atoms with Crippen LogP contribution in [0.5, 0.6) is 5.88 Å². The summed E-state index contributed by atoms with van der Waals surface area (Å²) in [5.41, 5.74) is 2.69. The number of benzene rings is 1. The number of nitrogens with zero attached hydrogens (tertiary/aromatic N) is 4. The number of carbonyl (C=O) groups excluding carboxylic acids is 2. The van der Waals surface area contributed by atoms with Gasteiger partial charge in [-0.25, -0.2) is 9.18 Å². The summed E-state index contributed by atoms with van der Waals surface area (Å²) in [4.78, 5) is 27.3. The van der Waals surface area contributed by atoms with E-state index < -0.39 is 11.9 Å². The molecule has 0 fully saturated rings. The first-order valence-electron chi connectivity index (χ1n) is 10.1. The van der Waals surface area contributed by atoms with Crippen molar-refractivity contribution in [3.8, 4) is 5.88 Å². The van der Waals surface area contributed by atoms with Gasteiger partial charge < -0.3 is 19.5 Å². The van der Waals surface area contributed by atoms with Gasteiger partial charge in [0.2, 0.25) is 5.88 Å². The fourth-order valence-electron chi connectivity index (χ4n) is 4.08. The Labute approximate surface area is 189 Å². The van der Waals surface area contributed by atoms with Gasteiger partial charge in [0.05, 0.1) is 11.1 Å². The third-order valence-corrected chi connectivity index (χ3v) is 5.90. The second kappa shape index (κ2) is 8.66. The van der Waals surface area contributed by atoms with Crippen molar-refractivity contribution in [1.82, 2.24) is 19.2 Å². The third kappa shape index (κ3) is 4.20. The molecular formula is C22H23ClFN5O3. The minimum absolute atomic E-state index is 0.0650. The fourth-order valence-corrected chi connectivity index (χ4v) is 4.26. The van der Waals surface area contributed by atoms with E-state index >= 15 is 0 Å². The van der Waals surface area contributed by atoms with E-state index in [4.69, 9.17) is 16.3 Å². The Morgan fingerprint density at radius 3 is 2.78 bits per heavy atom. The highest BCUT2D eigenvalue weighted by atomic mass is 35.5. The first-order valence-corrected chi connectivity index (χ1v) is 10.5. The lowest BCUT2D eigenvalue weighted by Crippen LogP contribution is -2.35. The van der Waals surface area contributed by atoms with Crippen molar-refractivity contribution in [2.24, 2.45) is 14.1 Å². The lowest BCUT2D eigenvalue weighted by molar-refractivity contribution is 0.101. The van der Waals surface area contributed by atoms with Crippen LogP contribution in [0.3, 0.4) is 0 Å². The predicted octanol–water partition coefficient (Wildman–Crippen LogP) is 4.31. The fraction of sp³-hybridized carbons (Fsp3) is 0.318. The monoisotopic (exact) mass is 459 g/mol. The van der Waals surface area contributed by atoms with Gasteiger partial charge in [0.15, 0.2) is 0 Å². The Morgan fingerprint density at radius 1 is 1.31 bits per heavy atom. The zero-order valence-electron chi connectivity index (χ0n) is 17.9. The van der Waals surface area contributed by atoms with E-state index in [1.165, 1.54) is 23.1 Å². The number of nitrogens with one attached hydrogen (secondary N) is 1. The van der Waals surface area contributed by atoms with E-state index in [9.17, 15) is 14.0 Å². The molecule has 10 heteroatoms. The Bertz CT molecular complexity index is 1190. The van der Waals surface area contributed by atoms with Crippen molar-refractivity contribution in [1.29, 1.82) is 0 Å². The van der Waals surface area contributed by atoms with Crippen LogP contribution in [0, 0.1) is 5.82 Å². The predicted molar refractivity (Wildman–Crippen MR) is 117 cm³/mol. The molecule has 1 N–H and O–H groups in total. The molecule has 0 bridgehead atoms. The van der Waals surface area contributed by atoms with Gasteiger partial charge in [-0.1, -0.05) is 11.6 Å². The summed E-state index contributed by atoms with van der Waals surface area (Å²) in [5.74, 6) is -0.647. The molecule has 168 valence electrons. The molecular weight excluding hydrogens is 437 g/mol. The van der Waals surface area contributed by atoms with Gasteiger partial charge in [0.25, 0.3) is 5.91 Å². The standard InChI is InChI=1S/C22H23ClFN5O3/c1-27-12-15-14(20(27)21(30)25-13-7-8-17(24)16(23)11-13)5-4-6-18(15)29(3)22(31)32-19-9-10-28(2)26-19/h7-12,18H,4-6H2,1-3H3,(H,25,30). The quantitative estimate of drug-likeness (QED) is 0.630. The van der Waals surface area contributed by atoms with Gasteiger partial charge in [-0.05, 0) is 48.6 Å². The van der Waals surface area contributed by atoms with Crippen LogP contribution in [-0.4, -0.2) is 38.3 Å². The summed E-state index contributed by atoms with van der Waals surface area (Å²) in [5, 5.41) is 6.79. The number of rotatable bonds is 4. The second-order valence-electron chi connectivity index (χ2n) is 7.82. The van der Waals surface area contributed by atoms with Crippen LogP contribution in [0.2, 0.25) is 5.02 Å². The van der Waals surface area contributed by atoms with E-state index in [1.807, 2.05) is 6.20 Å². The number of anilines is 1. The van der Waals surface area contributed by atoms with Crippen LogP contribution in [0.4, 0.5) is 14.9 Å². The highest BCUT2D eigenvalue weighted by molar-refractivity contribution is 6.31. The van der Waals surface area contributed by atoms with Gasteiger partial charge in [0.1, 0.15) is 11.5 Å². The minimum Gasteiger partial charge on any atom is -0.389 e. The molecule has 32 heavy (non-hydrogen) atoms. The van der Waals surface area contributed by atoms with E-state index in [0.29, 0.717) is 17.8 Å². The molecule has 2 heterocycles. The molecule has 1 aliphatic rings. The molecule has 8 nitrogen and oxygen atoms in total. The van der Waals surface area contributed by atoms with Crippen LogP contribution >= 0.6 is 11.6 Å². The van der Waals surface area contributed by atoms with Gasteiger partial charge in [-0.3, -0.25) is 9.48 Å². The maximum absolute atomic E-state index is 13.4. The first-order chi connectivity index (χ1) is 15.2. The van der Waals surface area contributed by atoms with E-state index in [0.717, 1.165) is 24.0 Å². The second-order valence-corrected chi connectivity index (χ2v) is 8.23. The smallest absolute Gasteiger partial charge is 0.389 e. The van der Waals surface area contributed by atoms with E-state index in [1.54, 1.807) is 42.7 Å². The number of ether oxygens (including phenoxy) is 1. The average molecular weight is 460 g/mol. The minimum atomic E-state index is -0.552. The zero-order chi connectivity index (χ0) is 23.0. The molecule has 2 amide bonds. The van der Waals surface area contributed by atoms with Crippen molar-refractivity contribution < 1.29 is 18.7 Å². The van der Waals surface area contributed by atoms with Crippen LogP contribution in [0.15, 0.2) is 36.7 Å². The molecule has 0 radical (unpaired) electrons. The summed E-state index contributed by atoms with van der Waals surface area (Å²) in [6.45, 7) is 0. The Balaban J connectivity index is 1.56. The summed E-state index contributed by atoms with van der Waals surface area (Å²) >= 11 is 5.83. The number of hydrogen-bond donors (Lipinski definition) is 1. The topological polar surface area (TPSA) is 81.4 Å². The van der Waals surface area contributed by atoms with E-state index in [2.05, 4.69) is 10.4 Å². The molecule has 2 aromatic heterocycles. The van der Waals surface area contributed by atoms with Gasteiger partial charge in [-0.2, -0.15) is 0 Å². The van der Waals surface area contributed by atoms with Crippen LogP contribution in [0.1, 0.15) is 40.5 Å². The Morgan fingerprint density at radius 2 is 2.09 bits per heavy atom. The van der Waals surface area contributed by atoms with Crippen molar-refractivity contribution >= 4 is 29.3 Å². The average Bonchev–Trinajstić information content (AvgIpc) is 3.31. The molecule has 4 rings (SSSR count). The molecule has 0 aliphatic heterocycles. The van der Waals surface area contributed by atoms with Crippen LogP contribution in [-0.2, 0) is 20.5 Å². The first kappa shape index (κ1) is 21.9. The van der Waals surface area contributed by atoms with Crippen LogP contribution < -0.4 is 10.1 Å². The van der Waals surface area contributed by atoms with Crippen molar-refractivity contribution in [3.05, 3.63) is 64.3 Å². The lowest BCUT2D eigenvalue weighted by atomic mass is 9.88. The lowest BCUT2D eigenvalue weighted by Gasteiger charge is -2.30. The van der Waals surface area contributed by atoms with Gasteiger partial charge in [-0.15, -0.1) is 5.10 Å². The molecule has 1 unspecified atom stereocenters. The number of hydrogen-bond acceptors (Lipinski definition) is 4. The number of aromatic nitrogens is 3. The molecule has 0 saturated carbocycles. The Hall–Kier alpha value is -3.33. The number of aryl methyl sites for hydroxylation is 2. The number of amides is 2. The number of halogens is 2. The maximum Gasteiger partial charge on any atom is 0.416 e. The summed E-state index contributed by atoms with van der Waals surface area (Å²) in [6.07, 6.45) is 5.32. The van der Waals surface area contributed by atoms with Crippen LogP contribution in [0.25, 0.3) is 0 Å². The third-order valence-electron chi connectivity index (χ3n) is 5.61. The van der Waals surface area contributed by atoms with Gasteiger partial charge >= 0.3 is 6.09 Å². The SMILES string of the molecule is CN(C(=O)Oc1ccn(C)n1)C1CCCc2c1cn(C)c2C(=O)Nc1ccc(F)c(Cl)c1. The molecule has 1 aliphatic carbocycles. The molecule has 1 atom stereocenters. The molecule has 1 aromatic carbocycles. The number of fused-ring (bicyclic) bond motifs is 1. The molecule has 3 aromatic rings. The normalized spacial score (nSPS) is 15.2. The maximum atomic E-state index is 13.4. The highest BCUT2D eigenvalue weighted by Crippen LogP contribution is 2.37. The molecule has 0 saturated heterocycles. The zero-order valence-corrected chi connectivity index (χ0v) is 18.7. The summed E-state index contributed by atoms with van der Waals surface area (Å²) in [6, 6.07) is 5.41. The molecule has 0 spiro atoms. The number of carbonyl (C=O) groups is 2. The highest BCUT2D eigenvalue weighted by Gasteiger charge is 2.33. The summed E-state index contributed by atoms with van der Waals surface area (Å²) < 4.78 is 22.1. The summed E-state index contributed by atoms with van der Waals surface area (Å²) in [7, 11) is 5.21. The van der Waals surface area contributed by atoms with Crippen molar-refractivity contribution in [2.75, 3.05) is 12.4 Å². The van der Waals surface area contributed by atoms with Crippen molar-refractivity contribution in [2.45, 2.75) is 25.3 Å². The Kier molecular flexibility index (Phi) is 5.92. The van der Waals surface area contributed by atoms with E-state index in [-0.39, 0.29) is 22.9 Å². The van der Waals surface area contributed by atoms with Gasteiger partial charge in [0, 0.05) is 45.3 Å².